The SMILES string of the molecule is CCCC(C)N1CCC(C)(C(N)=S)CC1. The van der Waals surface area contributed by atoms with Crippen LogP contribution >= 0.6 is 12.2 Å². The molecule has 2 nitrogen and oxygen atoms in total. The molecule has 1 atom stereocenters. The normalized spacial score (nSPS) is 23.7. The monoisotopic (exact) mass is 228 g/mol. The van der Waals surface area contributed by atoms with Crippen LogP contribution in [-0.4, -0.2) is 29.0 Å². The van der Waals surface area contributed by atoms with Crippen LogP contribution in [-0.2, 0) is 0 Å². The molecule has 1 heterocycles. The minimum Gasteiger partial charge on any atom is -0.393 e. The Morgan fingerprint density at radius 1 is 1.47 bits per heavy atom. The summed E-state index contributed by atoms with van der Waals surface area (Å²) in [6, 6.07) is 0.714. The van der Waals surface area contributed by atoms with E-state index in [4.69, 9.17) is 18.0 Å². The van der Waals surface area contributed by atoms with Crippen molar-refractivity contribution >= 4 is 17.2 Å². The first kappa shape index (κ1) is 12.9. The molecule has 0 aromatic rings. The molecule has 1 fully saturated rings. The molecule has 88 valence electrons. The van der Waals surface area contributed by atoms with Crippen molar-refractivity contribution in [2.45, 2.75) is 52.5 Å². The van der Waals surface area contributed by atoms with Crippen LogP contribution in [0.1, 0.15) is 46.5 Å². The number of nitrogens with zero attached hydrogens (tertiary/aromatic N) is 1. The molecule has 0 saturated carbocycles. The number of hydrogen-bond acceptors (Lipinski definition) is 2. The van der Waals surface area contributed by atoms with Gasteiger partial charge in [-0.15, -0.1) is 0 Å². The second kappa shape index (κ2) is 5.26. The Kier molecular flexibility index (Phi) is 4.53. The maximum atomic E-state index is 5.79. The molecule has 0 bridgehead atoms. The largest absolute Gasteiger partial charge is 0.393 e. The van der Waals surface area contributed by atoms with Gasteiger partial charge < -0.3 is 10.6 Å². The summed E-state index contributed by atoms with van der Waals surface area (Å²) < 4.78 is 0. The van der Waals surface area contributed by atoms with Gasteiger partial charge in [-0.05, 0) is 39.3 Å². The third kappa shape index (κ3) is 3.15. The second-order valence-electron chi connectivity index (χ2n) is 5.10. The van der Waals surface area contributed by atoms with E-state index in [0.29, 0.717) is 11.0 Å². The Balaban J connectivity index is 2.45. The summed E-state index contributed by atoms with van der Waals surface area (Å²) in [6.45, 7) is 9.08. The summed E-state index contributed by atoms with van der Waals surface area (Å²) in [6.07, 6.45) is 4.81. The lowest BCUT2D eigenvalue weighted by Crippen LogP contribution is -2.47. The van der Waals surface area contributed by atoms with E-state index in [1.807, 2.05) is 0 Å². The molecular weight excluding hydrogens is 204 g/mol. The summed E-state index contributed by atoms with van der Waals surface area (Å²) >= 11 is 5.14. The fraction of sp³-hybridized carbons (Fsp3) is 0.917. The standard InChI is InChI=1S/C12H24N2S/c1-4-5-10(2)14-8-6-12(3,7-9-14)11(13)15/h10H,4-9H2,1-3H3,(H2,13,15). The number of piperidine rings is 1. The average molecular weight is 228 g/mol. The zero-order valence-electron chi connectivity index (χ0n) is 10.3. The number of nitrogens with two attached hydrogens (primary N) is 1. The highest BCUT2D eigenvalue weighted by atomic mass is 32.1. The molecule has 0 amide bonds. The minimum atomic E-state index is 0.109. The zero-order chi connectivity index (χ0) is 11.5. The highest BCUT2D eigenvalue weighted by Crippen LogP contribution is 2.32. The van der Waals surface area contributed by atoms with Crippen LogP contribution in [0.3, 0.4) is 0 Å². The van der Waals surface area contributed by atoms with Crippen molar-refractivity contribution in [3.05, 3.63) is 0 Å². The lowest BCUT2D eigenvalue weighted by atomic mass is 9.80. The molecule has 1 rings (SSSR count). The predicted molar refractivity (Wildman–Crippen MR) is 70.1 cm³/mol. The van der Waals surface area contributed by atoms with Gasteiger partial charge in [-0.25, -0.2) is 0 Å². The Bertz CT molecular complexity index is 220. The van der Waals surface area contributed by atoms with Crippen LogP contribution in [0.5, 0.6) is 0 Å². The van der Waals surface area contributed by atoms with Gasteiger partial charge in [0.2, 0.25) is 0 Å². The van der Waals surface area contributed by atoms with E-state index in [1.54, 1.807) is 0 Å². The van der Waals surface area contributed by atoms with Crippen molar-refractivity contribution in [3.8, 4) is 0 Å². The van der Waals surface area contributed by atoms with Crippen LogP contribution in [0.25, 0.3) is 0 Å². The molecule has 1 aliphatic heterocycles. The summed E-state index contributed by atoms with van der Waals surface area (Å²) in [7, 11) is 0. The summed E-state index contributed by atoms with van der Waals surface area (Å²) in [5, 5.41) is 0. The lowest BCUT2D eigenvalue weighted by molar-refractivity contribution is 0.120. The average Bonchev–Trinajstić information content (AvgIpc) is 2.19. The molecule has 0 radical (unpaired) electrons. The van der Waals surface area contributed by atoms with Crippen LogP contribution < -0.4 is 5.73 Å². The molecule has 0 spiro atoms. The summed E-state index contributed by atoms with van der Waals surface area (Å²) in [5.74, 6) is 0. The fourth-order valence-corrected chi connectivity index (χ4v) is 2.51. The molecule has 0 aromatic carbocycles. The van der Waals surface area contributed by atoms with Crippen molar-refractivity contribution in [2.75, 3.05) is 13.1 Å². The molecule has 2 N–H and O–H groups in total. The first-order chi connectivity index (χ1) is 6.99. The summed E-state index contributed by atoms with van der Waals surface area (Å²) in [4.78, 5) is 3.27. The number of likely N-dealkylation sites (tertiary alicyclic amines) is 1. The third-order valence-corrected chi connectivity index (χ3v) is 4.32. The first-order valence-corrected chi connectivity index (χ1v) is 6.44. The fourth-order valence-electron chi connectivity index (χ4n) is 2.31. The second-order valence-corrected chi connectivity index (χ2v) is 5.54. The smallest absolute Gasteiger partial charge is 0.0788 e. The van der Waals surface area contributed by atoms with Crippen molar-refractivity contribution < 1.29 is 0 Å². The molecular formula is C12H24N2S. The quantitative estimate of drug-likeness (QED) is 0.750. The van der Waals surface area contributed by atoms with Gasteiger partial charge in [0, 0.05) is 11.5 Å². The van der Waals surface area contributed by atoms with E-state index < -0.39 is 0 Å². The number of rotatable bonds is 4. The number of hydrogen-bond donors (Lipinski definition) is 1. The third-order valence-electron chi connectivity index (χ3n) is 3.83. The maximum Gasteiger partial charge on any atom is 0.0788 e. The van der Waals surface area contributed by atoms with E-state index in [-0.39, 0.29) is 5.41 Å². The van der Waals surface area contributed by atoms with Gasteiger partial charge >= 0.3 is 0 Å². The Hall–Kier alpha value is -0.150. The summed E-state index contributed by atoms with van der Waals surface area (Å²) in [5.41, 5.74) is 5.90. The van der Waals surface area contributed by atoms with Crippen molar-refractivity contribution in [2.24, 2.45) is 11.1 Å². The minimum absolute atomic E-state index is 0.109. The highest BCUT2D eigenvalue weighted by Gasteiger charge is 2.33. The van der Waals surface area contributed by atoms with Crippen LogP contribution in [0.15, 0.2) is 0 Å². The predicted octanol–water partition coefficient (Wildman–Crippen LogP) is 2.56. The van der Waals surface area contributed by atoms with Gasteiger partial charge in [0.15, 0.2) is 0 Å². The number of thiocarbonyl (C=S) groups is 1. The van der Waals surface area contributed by atoms with Gasteiger partial charge in [-0.3, -0.25) is 0 Å². The van der Waals surface area contributed by atoms with Crippen LogP contribution in [0.2, 0.25) is 0 Å². The maximum absolute atomic E-state index is 5.79. The molecule has 3 heteroatoms. The molecule has 1 unspecified atom stereocenters. The Labute approximate surface area is 99.2 Å². The lowest BCUT2D eigenvalue weighted by Gasteiger charge is -2.41. The van der Waals surface area contributed by atoms with Crippen molar-refractivity contribution in [1.29, 1.82) is 0 Å². The van der Waals surface area contributed by atoms with Crippen molar-refractivity contribution in [3.63, 3.8) is 0 Å². The van der Waals surface area contributed by atoms with E-state index in [2.05, 4.69) is 25.7 Å². The molecule has 1 aliphatic rings. The van der Waals surface area contributed by atoms with Gasteiger partial charge in [0.05, 0.1) is 4.99 Å². The van der Waals surface area contributed by atoms with Crippen LogP contribution in [0, 0.1) is 5.41 Å². The van der Waals surface area contributed by atoms with Gasteiger partial charge in [0.1, 0.15) is 0 Å². The highest BCUT2D eigenvalue weighted by molar-refractivity contribution is 7.80. The van der Waals surface area contributed by atoms with E-state index in [0.717, 1.165) is 25.9 Å². The molecule has 15 heavy (non-hydrogen) atoms. The van der Waals surface area contributed by atoms with Gasteiger partial charge in [0.25, 0.3) is 0 Å². The topological polar surface area (TPSA) is 29.3 Å². The van der Waals surface area contributed by atoms with E-state index >= 15 is 0 Å². The van der Waals surface area contributed by atoms with Gasteiger partial charge in [-0.2, -0.15) is 0 Å². The molecule has 1 saturated heterocycles. The van der Waals surface area contributed by atoms with Gasteiger partial charge in [-0.1, -0.05) is 32.5 Å². The van der Waals surface area contributed by atoms with Crippen LogP contribution in [0.4, 0.5) is 0 Å². The van der Waals surface area contributed by atoms with E-state index in [9.17, 15) is 0 Å². The molecule has 0 aliphatic carbocycles. The zero-order valence-corrected chi connectivity index (χ0v) is 11.1. The first-order valence-electron chi connectivity index (χ1n) is 6.03. The Morgan fingerprint density at radius 2 is 2.00 bits per heavy atom. The van der Waals surface area contributed by atoms with E-state index in [1.165, 1.54) is 12.8 Å². The van der Waals surface area contributed by atoms with Crippen molar-refractivity contribution in [1.82, 2.24) is 4.90 Å². The Morgan fingerprint density at radius 3 is 2.40 bits per heavy atom. The molecule has 0 aromatic heterocycles.